The Morgan fingerprint density at radius 3 is 2.64 bits per heavy atom. The zero-order valence-electron chi connectivity index (χ0n) is 14.0. The normalized spacial score (nSPS) is 16.4. The van der Waals surface area contributed by atoms with Crippen LogP contribution in [-0.2, 0) is 0 Å². The molecule has 25 heavy (non-hydrogen) atoms. The molecule has 0 saturated carbocycles. The predicted molar refractivity (Wildman–Crippen MR) is 99.9 cm³/mol. The largest absolute Gasteiger partial charge is 0.489 e. The number of likely N-dealkylation sites (tertiary alicyclic amines) is 1. The van der Waals surface area contributed by atoms with E-state index in [1.54, 1.807) is 18.2 Å². The molecule has 0 atom stereocenters. The summed E-state index contributed by atoms with van der Waals surface area (Å²) < 4.78 is 20.4. The molecule has 4 rings (SSSR count). The lowest BCUT2D eigenvalue weighted by molar-refractivity contribution is 0.171. The van der Waals surface area contributed by atoms with Gasteiger partial charge in [0.15, 0.2) is 11.6 Å². The molecule has 3 nitrogen and oxygen atoms in total. The maximum atomic E-state index is 13.5. The van der Waals surface area contributed by atoms with E-state index in [4.69, 9.17) is 9.72 Å². The summed E-state index contributed by atoms with van der Waals surface area (Å²) in [7, 11) is 0. The highest BCUT2D eigenvalue weighted by atomic mass is 32.1. The molecule has 0 bridgehead atoms. The van der Waals surface area contributed by atoms with Gasteiger partial charge in [0.25, 0.3) is 0 Å². The third kappa shape index (κ3) is 3.83. The zero-order valence-corrected chi connectivity index (χ0v) is 14.8. The lowest BCUT2D eigenvalue weighted by Crippen LogP contribution is -2.35. The Morgan fingerprint density at radius 1 is 1.08 bits per heavy atom. The van der Waals surface area contributed by atoms with E-state index in [1.807, 2.05) is 17.4 Å². The monoisotopic (exact) mass is 356 g/mol. The van der Waals surface area contributed by atoms with Gasteiger partial charge >= 0.3 is 0 Å². The number of piperidine rings is 1. The summed E-state index contributed by atoms with van der Waals surface area (Å²) in [5.74, 6) is 0.602. The number of para-hydroxylation sites is 2. The highest BCUT2D eigenvalue weighted by Gasteiger charge is 2.23. The van der Waals surface area contributed by atoms with Gasteiger partial charge in [-0.2, -0.15) is 0 Å². The lowest BCUT2D eigenvalue weighted by atomic mass is 9.97. The van der Waals surface area contributed by atoms with Crippen molar-refractivity contribution in [3.05, 3.63) is 59.4 Å². The maximum Gasteiger partial charge on any atom is 0.165 e. The van der Waals surface area contributed by atoms with Crippen LogP contribution in [-0.4, -0.2) is 36.1 Å². The van der Waals surface area contributed by atoms with E-state index in [1.165, 1.54) is 15.8 Å². The highest BCUT2D eigenvalue weighted by Crippen LogP contribution is 2.33. The molecule has 1 aliphatic rings. The first kappa shape index (κ1) is 16.5. The second kappa shape index (κ2) is 7.50. The first-order chi connectivity index (χ1) is 12.3. The standard InChI is InChI=1S/C20H21FN2OS/c21-16-5-1-3-7-18(16)24-14-13-23-11-9-15(10-12-23)20-22-17-6-2-4-8-19(17)25-20/h1-8,15H,9-14H2. The molecule has 0 unspecified atom stereocenters. The zero-order chi connectivity index (χ0) is 17.1. The average molecular weight is 356 g/mol. The van der Waals surface area contributed by atoms with Crippen molar-refractivity contribution < 1.29 is 9.13 Å². The Kier molecular flexibility index (Phi) is 4.95. The van der Waals surface area contributed by atoms with Crippen molar-refractivity contribution in [1.29, 1.82) is 0 Å². The SMILES string of the molecule is Fc1ccccc1OCCN1CCC(c2nc3ccccc3s2)CC1. The van der Waals surface area contributed by atoms with Crippen molar-refractivity contribution in [2.24, 2.45) is 0 Å². The van der Waals surface area contributed by atoms with E-state index < -0.39 is 0 Å². The first-order valence-electron chi connectivity index (χ1n) is 8.75. The van der Waals surface area contributed by atoms with E-state index in [2.05, 4.69) is 23.1 Å². The molecule has 0 amide bonds. The van der Waals surface area contributed by atoms with Crippen LogP contribution in [0.4, 0.5) is 4.39 Å². The summed E-state index contributed by atoms with van der Waals surface area (Å²) in [6, 6.07) is 14.9. The topological polar surface area (TPSA) is 25.4 Å². The number of ether oxygens (including phenoxy) is 1. The molecule has 3 aromatic rings. The second-order valence-corrected chi connectivity index (χ2v) is 7.48. The fourth-order valence-electron chi connectivity index (χ4n) is 3.31. The van der Waals surface area contributed by atoms with Crippen molar-refractivity contribution in [3.8, 4) is 5.75 Å². The molecule has 2 heterocycles. The van der Waals surface area contributed by atoms with E-state index in [0.29, 0.717) is 18.3 Å². The van der Waals surface area contributed by atoms with Crippen molar-refractivity contribution in [3.63, 3.8) is 0 Å². The number of nitrogens with zero attached hydrogens (tertiary/aromatic N) is 2. The Balaban J connectivity index is 1.27. The summed E-state index contributed by atoms with van der Waals surface area (Å²) in [5, 5.41) is 1.27. The highest BCUT2D eigenvalue weighted by molar-refractivity contribution is 7.18. The molecule has 1 aromatic heterocycles. The van der Waals surface area contributed by atoms with E-state index in [0.717, 1.165) is 38.0 Å². The van der Waals surface area contributed by atoms with Gasteiger partial charge in [-0.1, -0.05) is 24.3 Å². The smallest absolute Gasteiger partial charge is 0.165 e. The molecule has 0 radical (unpaired) electrons. The summed E-state index contributed by atoms with van der Waals surface area (Å²) in [4.78, 5) is 7.20. The van der Waals surface area contributed by atoms with Crippen LogP contribution in [0.5, 0.6) is 5.75 Å². The Bertz CT molecular complexity index is 809. The minimum absolute atomic E-state index is 0.294. The van der Waals surface area contributed by atoms with E-state index in [9.17, 15) is 4.39 Å². The van der Waals surface area contributed by atoms with Gasteiger partial charge in [0.05, 0.1) is 15.2 Å². The van der Waals surface area contributed by atoms with Gasteiger partial charge in [-0.3, -0.25) is 4.90 Å². The molecular formula is C20H21FN2OS. The maximum absolute atomic E-state index is 13.5. The van der Waals surface area contributed by atoms with Crippen LogP contribution in [0.2, 0.25) is 0 Å². The van der Waals surface area contributed by atoms with E-state index in [-0.39, 0.29) is 5.82 Å². The number of hydrogen-bond donors (Lipinski definition) is 0. The van der Waals surface area contributed by atoms with E-state index >= 15 is 0 Å². The van der Waals surface area contributed by atoms with Crippen molar-refractivity contribution in [2.75, 3.05) is 26.2 Å². The van der Waals surface area contributed by atoms with Crippen molar-refractivity contribution in [1.82, 2.24) is 9.88 Å². The van der Waals surface area contributed by atoms with Gasteiger partial charge < -0.3 is 4.74 Å². The van der Waals surface area contributed by atoms with Gasteiger partial charge in [-0.15, -0.1) is 11.3 Å². The lowest BCUT2D eigenvalue weighted by Gasteiger charge is -2.30. The minimum Gasteiger partial charge on any atom is -0.489 e. The minimum atomic E-state index is -0.294. The van der Waals surface area contributed by atoms with Gasteiger partial charge in [0.2, 0.25) is 0 Å². The van der Waals surface area contributed by atoms with Crippen LogP contribution in [0.1, 0.15) is 23.8 Å². The number of fused-ring (bicyclic) bond motifs is 1. The van der Waals surface area contributed by atoms with Crippen molar-refractivity contribution >= 4 is 21.6 Å². The number of aromatic nitrogens is 1. The number of halogens is 1. The number of hydrogen-bond acceptors (Lipinski definition) is 4. The van der Waals surface area contributed by atoms with Crippen LogP contribution in [0.3, 0.4) is 0 Å². The molecular weight excluding hydrogens is 335 g/mol. The first-order valence-corrected chi connectivity index (χ1v) is 9.56. The fraction of sp³-hybridized carbons (Fsp3) is 0.350. The summed E-state index contributed by atoms with van der Waals surface area (Å²) in [6.07, 6.45) is 2.25. The predicted octanol–water partition coefficient (Wildman–Crippen LogP) is 4.69. The molecule has 2 aromatic carbocycles. The number of thiazole rings is 1. The number of rotatable bonds is 5. The van der Waals surface area contributed by atoms with Crippen molar-refractivity contribution in [2.45, 2.75) is 18.8 Å². The average Bonchev–Trinajstić information content (AvgIpc) is 3.08. The molecule has 130 valence electrons. The van der Waals surface area contributed by atoms with Crippen LogP contribution in [0.15, 0.2) is 48.5 Å². The molecule has 1 aliphatic heterocycles. The summed E-state index contributed by atoms with van der Waals surface area (Å²) in [6.45, 7) is 3.44. The van der Waals surface area contributed by atoms with Gasteiger partial charge in [-0.25, -0.2) is 9.37 Å². The Morgan fingerprint density at radius 2 is 1.84 bits per heavy atom. The van der Waals surface area contributed by atoms with Crippen LogP contribution in [0, 0.1) is 5.82 Å². The Hall–Kier alpha value is -1.98. The quantitative estimate of drug-likeness (QED) is 0.663. The molecule has 5 heteroatoms. The van der Waals surface area contributed by atoms with Crippen LogP contribution < -0.4 is 4.74 Å². The number of benzene rings is 2. The van der Waals surface area contributed by atoms with Gasteiger partial charge in [-0.05, 0) is 50.2 Å². The molecule has 0 aliphatic carbocycles. The molecule has 0 N–H and O–H groups in total. The Labute approximate surface area is 151 Å². The van der Waals surface area contributed by atoms with Crippen LogP contribution in [0.25, 0.3) is 10.2 Å². The molecule has 1 saturated heterocycles. The summed E-state index contributed by atoms with van der Waals surface area (Å²) in [5.41, 5.74) is 1.11. The van der Waals surface area contributed by atoms with Gasteiger partial charge in [0, 0.05) is 12.5 Å². The third-order valence-corrected chi connectivity index (χ3v) is 5.95. The third-order valence-electron chi connectivity index (χ3n) is 4.75. The molecule has 0 spiro atoms. The fourth-order valence-corrected chi connectivity index (χ4v) is 4.45. The molecule has 1 fully saturated rings. The summed E-state index contributed by atoms with van der Waals surface area (Å²) >= 11 is 1.83. The second-order valence-electron chi connectivity index (χ2n) is 6.41. The van der Waals surface area contributed by atoms with Crippen LogP contribution >= 0.6 is 11.3 Å². The van der Waals surface area contributed by atoms with Gasteiger partial charge in [0.1, 0.15) is 6.61 Å².